The maximum absolute atomic E-state index is 3.67. The van der Waals surface area contributed by atoms with Crippen LogP contribution in [0, 0.1) is 26.7 Å². The van der Waals surface area contributed by atoms with Gasteiger partial charge in [-0.1, -0.05) is 24.6 Å². The van der Waals surface area contributed by atoms with E-state index in [9.17, 15) is 0 Å². The summed E-state index contributed by atoms with van der Waals surface area (Å²) in [5, 5.41) is 3.67. The lowest BCUT2D eigenvalue weighted by Gasteiger charge is -2.29. The van der Waals surface area contributed by atoms with Gasteiger partial charge in [-0.15, -0.1) is 0 Å². The second kappa shape index (κ2) is 5.22. The Morgan fingerprint density at radius 2 is 1.82 bits per heavy atom. The maximum Gasteiger partial charge on any atom is 0.0110 e. The normalized spacial score (nSPS) is 24.9. The third-order valence-electron chi connectivity index (χ3n) is 4.05. The summed E-state index contributed by atoms with van der Waals surface area (Å²) < 4.78 is 0. The molecule has 0 bridgehead atoms. The molecule has 1 aromatic rings. The predicted octanol–water partition coefficient (Wildman–Crippen LogP) is 3.54. The molecule has 2 atom stereocenters. The molecule has 1 aliphatic rings. The fraction of sp³-hybridized carbons (Fsp3) is 0.625. The van der Waals surface area contributed by atoms with Crippen LogP contribution in [0.25, 0.3) is 0 Å². The summed E-state index contributed by atoms with van der Waals surface area (Å²) in [6.45, 7) is 10.3. The summed E-state index contributed by atoms with van der Waals surface area (Å²) >= 11 is 0. The number of benzene rings is 1. The number of nitrogens with one attached hydrogen (secondary N) is 1. The second-order valence-corrected chi connectivity index (χ2v) is 5.86. The largest absolute Gasteiger partial charge is 0.314 e. The number of aryl methyl sites for hydroxylation is 3. The Kier molecular flexibility index (Phi) is 3.88. The zero-order valence-electron chi connectivity index (χ0n) is 11.6. The summed E-state index contributed by atoms with van der Waals surface area (Å²) in [5.41, 5.74) is 5.86. The molecule has 0 amide bonds. The molecule has 17 heavy (non-hydrogen) atoms. The molecule has 2 unspecified atom stereocenters. The SMILES string of the molecule is Cc1cc(C)c(CC2CC(C)CCN2)c(C)c1. The topological polar surface area (TPSA) is 12.0 Å². The average Bonchev–Trinajstić information content (AvgIpc) is 2.23. The molecule has 1 fully saturated rings. The molecule has 2 rings (SSSR count). The Balaban J connectivity index is 2.12. The third kappa shape index (κ3) is 3.10. The molecule has 1 N–H and O–H groups in total. The van der Waals surface area contributed by atoms with Crippen LogP contribution in [-0.4, -0.2) is 12.6 Å². The summed E-state index contributed by atoms with van der Waals surface area (Å²) in [6.07, 6.45) is 3.86. The van der Waals surface area contributed by atoms with Gasteiger partial charge in [-0.25, -0.2) is 0 Å². The zero-order valence-corrected chi connectivity index (χ0v) is 11.6. The van der Waals surface area contributed by atoms with Gasteiger partial charge in [0.05, 0.1) is 0 Å². The van der Waals surface area contributed by atoms with Crippen molar-refractivity contribution in [2.45, 2.75) is 53.0 Å². The molecule has 0 aromatic heterocycles. The van der Waals surface area contributed by atoms with E-state index in [0.29, 0.717) is 6.04 Å². The highest BCUT2D eigenvalue weighted by Crippen LogP contribution is 2.22. The molecular formula is C16H25N. The molecule has 1 heterocycles. The van der Waals surface area contributed by atoms with Crippen molar-refractivity contribution in [2.24, 2.45) is 5.92 Å². The minimum atomic E-state index is 0.679. The number of hydrogen-bond acceptors (Lipinski definition) is 1. The summed E-state index contributed by atoms with van der Waals surface area (Å²) in [6, 6.07) is 5.31. The van der Waals surface area contributed by atoms with Crippen molar-refractivity contribution < 1.29 is 0 Å². The maximum atomic E-state index is 3.67. The smallest absolute Gasteiger partial charge is 0.0110 e. The van der Waals surface area contributed by atoms with Gasteiger partial charge in [-0.3, -0.25) is 0 Å². The first kappa shape index (κ1) is 12.6. The minimum Gasteiger partial charge on any atom is -0.314 e. The highest BCUT2D eigenvalue weighted by molar-refractivity contribution is 5.38. The van der Waals surface area contributed by atoms with Crippen molar-refractivity contribution in [3.63, 3.8) is 0 Å². The van der Waals surface area contributed by atoms with Crippen LogP contribution in [0.15, 0.2) is 12.1 Å². The fourth-order valence-electron chi connectivity index (χ4n) is 3.15. The Labute approximate surface area is 106 Å². The number of piperidine rings is 1. The van der Waals surface area contributed by atoms with E-state index in [1.165, 1.54) is 42.5 Å². The molecular weight excluding hydrogens is 206 g/mol. The third-order valence-corrected chi connectivity index (χ3v) is 4.05. The average molecular weight is 231 g/mol. The summed E-state index contributed by atoms with van der Waals surface area (Å²) in [4.78, 5) is 0. The summed E-state index contributed by atoms with van der Waals surface area (Å²) in [5.74, 6) is 0.882. The Morgan fingerprint density at radius 1 is 1.18 bits per heavy atom. The lowest BCUT2D eigenvalue weighted by molar-refractivity contribution is 0.318. The lowest BCUT2D eigenvalue weighted by atomic mass is 9.87. The van der Waals surface area contributed by atoms with E-state index < -0.39 is 0 Å². The standard InChI is InChI=1S/C16H25N/c1-11-5-6-17-15(9-11)10-16-13(3)7-12(2)8-14(16)4/h7-8,11,15,17H,5-6,9-10H2,1-4H3. The minimum absolute atomic E-state index is 0.679. The van der Waals surface area contributed by atoms with Crippen molar-refractivity contribution in [3.8, 4) is 0 Å². The van der Waals surface area contributed by atoms with E-state index in [4.69, 9.17) is 0 Å². The number of rotatable bonds is 2. The second-order valence-electron chi connectivity index (χ2n) is 5.86. The van der Waals surface area contributed by atoms with E-state index in [1.54, 1.807) is 5.56 Å². The molecule has 0 saturated carbocycles. The van der Waals surface area contributed by atoms with Gasteiger partial charge in [-0.05, 0) is 69.2 Å². The van der Waals surface area contributed by atoms with Gasteiger partial charge in [0, 0.05) is 6.04 Å². The first-order valence-electron chi connectivity index (χ1n) is 6.86. The van der Waals surface area contributed by atoms with E-state index in [2.05, 4.69) is 45.1 Å². The molecule has 0 spiro atoms. The fourth-order valence-corrected chi connectivity index (χ4v) is 3.15. The Bertz CT molecular complexity index is 372. The van der Waals surface area contributed by atoms with E-state index in [1.807, 2.05) is 0 Å². The van der Waals surface area contributed by atoms with Crippen LogP contribution in [0.2, 0.25) is 0 Å². The van der Waals surface area contributed by atoms with E-state index >= 15 is 0 Å². The molecule has 1 nitrogen and oxygen atoms in total. The van der Waals surface area contributed by atoms with Crippen LogP contribution in [0.1, 0.15) is 42.0 Å². The Hall–Kier alpha value is -0.820. The lowest BCUT2D eigenvalue weighted by Crippen LogP contribution is -2.39. The van der Waals surface area contributed by atoms with Crippen LogP contribution in [-0.2, 0) is 6.42 Å². The quantitative estimate of drug-likeness (QED) is 0.821. The Morgan fingerprint density at radius 3 is 2.41 bits per heavy atom. The molecule has 1 heteroatoms. The van der Waals surface area contributed by atoms with Crippen molar-refractivity contribution in [1.82, 2.24) is 5.32 Å². The van der Waals surface area contributed by atoms with Crippen molar-refractivity contribution in [2.75, 3.05) is 6.54 Å². The van der Waals surface area contributed by atoms with Gasteiger partial charge in [0.1, 0.15) is 0 Å². The molecule has 0 aliphatic carbocycles. The predicted molar refractivity (Wildman–Crippen MR) is 74.5 cm³/mol. The highest BCUT2D eigenvalue weighted by atomic mass is 14.9. The van der Waals surface area contributed by atoms with Gasteiger partial charge >= 0.3 is 0 Å². The van der Waals surface area contributed by atoms with Crippen LogP contribution < -0.4 is 5.32 Å². The van der Waals surface area contributed by atoms with Crippen molar-refractivity contribution in [1.29, 1.82) is 0 Å². The van der Waals surface area contributed by atoms with Gasteiger partial charge in [-0.2, -0.15) is 0 Å². The van der Waals surface area contributed by atoms with Crippen LogP contribution in [0.5, 0.6) is 0 Å². The van der Waals surface area contributed by atoms with Crippen LogP contribution >= 0.6 is 0 Å². The first-order valence-corrected chi connectivity index (χ1v) is 6.86. The molecule has 1 aliphatic heterocycles. The van der Waals surface area contributed by atoms with Gasteiger partial charge in [0.2, 0.25) is 0 Å². The van der Waals surface area contributed by atoms with E-state index in [0.717, 1.165) is 5.92 Å². The zero-order chi connectivity index (χ0) is 12.4. The summed E-state index contributed by atoms with van der Waals surface area (Å²) in [7, 11) is 0. The molecule has 1 saturated heterocycles. The van der Waals surface area contributed by atoms with Gasteiger partial charge in [0.15, 0.2) is 0 Å². The van der Waals surface area contributed by atoms with Gasteiger partial charge in [0.25, 0.3) is 0 Å². The first-order chi connectivity index (χ1) is 8.06. The van der Waals surface area contributed by atoms with Crippen LogP contribution in [0.3, 0.4) is 0 Å². The van der Waals surface area contributed by atoms with E-state index in [-0.39, 0.29) is 0 Å². The molecule has 0 radical (unpaired) electrons. The van der Waals surface area contributed by atoms with Crippen LogP contribution in [0.4, 0.5) is 0 Å². The van der Waals surface area contributed by atoms with Crippen molar-refractivity contribution in [3.05, 3.63) is 34.4 Å². The highest BCUT2D eigenvalue weighted by Gasteiger charge is 2.19. The molecule has 94 valence electrons. The van der Waals surface area contributed by atoms with Crippen molar-refractivity contribution >= 4 is 0 Å². The monoisotopic (exact) mass is 231 g/mol. The van der Waals surface area contributed by atoms with Gasteiger partial charge < -0.3 is 5.32 Å². The molecule has 1 aromatic carbocycles. The number of hydrogen-bond donors (Lipinski definition) is 1.